The van der Waals surface area contributed by atoms with Crippen molar-refractivity contribution in [3.05, 3.63) is 52.9 Å². The van der Waals surface area contributed by atoms with E-state index in [4.69, 9.17) is 4.74 Å². The summed E-state index contributed by atoms with van der Waals surface area (Å²) in [5.74, 6) is -1.09. The van der Waals surface area contributed by atoms with E-state index in [1.54, 1.807) is 36.6 Å². The lowest BCUT2D eigenvalue weighted by atomic mass is 9.98. The average Bonchev–Trinajstić information content (AvgIpc) is 3.24. The van der Waals surface area contributed by atoms with Crippen LogP contribution < -0.4 is 0 Å². The molecular formula is C20H23NO5S2. The molecule has 6 nitrogen and oxygen atoms in total. The fourth-order valence-corrected chi connectivity index (χ4v) is 5.76. The molecule has 0 aliphatic carbocycles. The van der Waals surface area contributed by atoms with Gasteiger partial charge in [0.05, 0.1) is 5.92 Å². The highest BCUT2D eigenvalue weighted by Crippen LogP contribution is 2.27. The van der Waals surface area contributed by atoms with Crippen LogP contribution in [0.2, 0.25) is 0 Å². The van der Waals surface area contributed by atoms with Crippen LogP contribution in [0.15, 0.2) is 46.0 Å². The van der Waals surface area contributed by atoms with Crippen LogP contribution in [0.3, 0.4) is 0 Å². The molecule has 0 radical (unpaired) electrons. The number of aryl methyl sites for hydroxylation is 1. The zero-order valence-electron chi connectivity index (χ0n) is 15.8. The molecule has 150 valence electrons. The Labute approximate surface area is 169 Å². The van der Waals surface area contributed by atoms with Gasteiger partial charge in [-0.15, -0.1) is 11.3 Å². The molecule has 2 aromatic rings. The van der Waals surface area contributed by atoms with Gasteiger partial charge in [-0.1, -0.05) is 35.9 Å². The van der Waals surface area contributed by atoms with Crippen LogP contribution in [0, 0.1) is 12.8 Å². The van der Waals surface area contributed by atoms with E-state index in [1.807, 2.05) is 19.1 Å². The van der Waals surface area contributed by atoms with Gasteiger partial charge < -0.3 is 4.74 Å². The maximum atomic E-state index is 12.5. The lowest BCUT2D eigenvalue weighted by Gasteiger charge is -2.30. The number of ketones is 1. The molecular weight excluding hydrogens is 398 g/mol. The first-order valence-corrected chi connectivity index (χ1v) is 11.5. The van der Waals surface area contributed by atoms with E-state index in [1.165, 1.54) is 15.6 Å². The number of ether oxygens (including phenoxy) is 1. The maximum Gasteiger partial charge on any atom is 0.309 e. The van der Waals surface area contributed by atoms with Gasteiger partial charge in [0.15, 0.2) is 6.10 Å². The molecule has 1 fully saturated rings. The second-order valence-corrected chi connectivity index (χ2v) is 10.0. The molecule has 1 aromatic carbocycles. The van der Waals surface area contributed by atoms with Gasteiger partial charge in [0, 0.05) is 18.7 Å². The molecule has 2 heterocycles. The van der Waals surface area contributed by atoms with E-state index in [-0.39, 0.29) is 18.9 Å². The number of carbonyl (C=O) groups excluding carboxylic acids is 2. The third-order valence-electron chi connectivity index (χ3n) is 4.87. The van der Waals surface area contributed by atoms with Gasteiger partial charge in [-0.25, -0.2) is 8.42 Å². The van der Waals surface area contributed by atoms with Crippen molar-refractivity contribution in [2.24, 2.45) is 5.92 Å². The minimum atomic E-state index is -3.50. The summed E-state index contributed by atoms with van der Waals surface area (Å²) in [7, 11) is -3.50. The highest BCUT2D eigenvalue weighted by molar-refractivity contribution is 7.91. The summed E-state index contributed by atoms with van der Waals surface area (Å²) in [4.78, 5) is 24.9. The minimum Gasteiger partial charge on any atom is -0.454 e. The van der Waals surface area contributed by atoms with E-state index < -0.39 is 28.0 Å². The summed E-state index contributed by atoms with van der Waals surface area (Å²) in [6.45, 7) is 4.03. The lowest BCUT2D eigenvalue weighted by Crippen LogP contribution is -2.41. The van der Waals surface area contributed by atoms with Crippen molar-refractivity contribution >= 4 is 33.1 Å². The SMILES string of the molecule is Cc1ccc(C(=O)[C@@H](C)OC(=O)C2CCN(S(=O)(=O)c3cccs3)CC2)cc1. The molecule has 1 aliphatic heterocycles. The Hall–Kier alpha value is -2.03. The number of nitrogens with zero attached hydrogens (tertiary/aromatic N) is 1. The number of piperidine rings is 1. The van der Waals surface area contributed by atoms with E-state index >= 15 is 0 Å². The Bertz CT molecular complexity index is 927. The molecule has 1 aromatic heterocycles. The number of hydrogen-bond acceptors (Lipinski definition) is 6. The molecule has 0 bridgehead atoms. The summed E-state index contributed by atoms with van der Waals surface area (Å²) in [6, 6.07) is 10.4. The fraction of sp³-hybridized carbons (Fsp3) is 0.400. The van der Waals surface area contributed by atoms with E-state index in [0.717, 1.165) is 5.56 Å². The smallest absolute Gasteiger partial charge is 0.309 e. The van der Waals surface area contributed by atoms with Crippen molar-refractivity contribution in [3.63, 3.8) is 0 Å². The van der Waals surface area contributed by atoms with E-state index in [9.17, 15) is 18.0 Å². The summed E-state index contributed by atoms with van der Waals surface area (Å²) in [5, 5.41) is 1.73. The summed E-state index contributed by atoms with van der Waals surface area (Å²) in [6.07, 6.45) is -0.105. The zero-order valence-corrected chi connectivity index (χ0v) is 17.5. The van der Waals surface area contributed by atoms with Crippen LogP contribution in [0.1, 0.15) is 35.7 Å². The number of carbonyl (C=O) groups is 2. The van der Waals surface area contributed by atoms with Gasteiger partial charge in [0.1, 0.15) is 4.21 Å². The molecule has 0 unspecified atom stereocenters. The Morgan fingerprint density at radius 3 is 2.36 bits per heavy atom. The second kappa shape index (κ2) is 8.55. The summed E-state index contributed by atoms with van der Waals surface area (Å²) < 4.78 is 32.2. The van der Waals surface area contributed by atoms with Crippen LogP contribution in [0.5, 0.6) is 0 Å². The molecule has 8 heteroatoms. The van der Waals surface area contributed by atoms with Gasteiger partial charge in [0.2, 0.25) is 5.78 Å². The third-order valence-corrected chi connectivity index (χ3v) is 8.15. The molecule has 1 saturated heterocycles. The number of thiophene rings is 1. The lowest BCUT2D eigenvalue weighted by molar-refractivity contribution is -0.152. The molecule has 28 heavy (non-hydrogen) atoms. The number of benzene rings is 1. The maximum absolute atomic E-state index is 12.5. The molecule has 3 rings (SSSR count). The molecule has 0 spiro atoms. The first kappa shape index (κ1) is 20.7. The number of Topliss-reactive ketones (excluding diaryl/α,β-unsaturated/α-hetero) is 1. The second-order valence-electron chi connectivity index (χ2n) is 6.92. The average molecular weight is 422 g/mol. The van der Waals surface area contributed by atoms with Crippen molar-refractivity contribution in [2.75, 3.05) is 13.1 Å². The summed E-state index contributed by atoms with van der Waals surface area (Å²) in [5.41, 5.74) is 1.55. The van der Waals surface area contributed by atoms with Crippen LogP contribution in [-0.4, -0.2) is 43.7 Å². The highest BCUT2D eigenvalue weighted by Gasteiger charge is 2.34. The van der Waals surface area contributed by atoms with Crippen molar-refractivity contribution in [1.29, 1.82) is 0 Å². The van der Waals surface area contributed by atoms with Crippen LogP contribution in [0.4, 0.5) is 0 Å². The van der Waals surface area contributed by atoms with Crippen LogP contribution in [0.25, 0.3) is 0 Å². The normalized spacial score (nSPS) is 17.2. The Morgan fingerprint density at radius 2 is 1.79 bits per heavy atom. The molecule has 0 amide bonds. The molecule has 0 N–H and O–H groups in total. The highest BCUT2D eigenvalue weighted by atomic mass is 32.2. The number of rotatable bonds is 6. The fourth-order valence-electron chi connectivity index (χ4n) is 3.15. The minimum absolute atomic E-state index is 0.244. The van der Waals surface area contributed by atoms with Gasteiger partial charge in [0.25, 0.3) is 10.0 Å². The molecule has 1 atom stereocenters. The van der Waals surface area contributed by atoms with Crippen LogP contribution >= 0.6 is 11.3 Å². The number of hydrogen-bond donors (Lipinski definition) is 0. The van der Waals surface area contributed by atoms with Crippen molar-refractivity contribution < 1.29 is 22.7 Å². The van der Waals surface area contributed by atoms with Gasteiger partial charge in [-0.3, -0.25) is 9.59 Å². The van der Waals surface area contributed by atoms with Gasteiger partial charge in [-0.2, -0.15) is 4.31 Å². The topological polar surface area (TPSA) is 80.8 Å². The quantitative estimate of drug-likeness (QED) is 0.528. The van der Waals surface area contributed by atoms with Gasteiger partial charge in [-0.05, 0) is 38.1 Å². The summed E-state index contributed by atoms with van der Waals surface area (Å²) >= 11 is 1.18. The molecule has 0 saturated carbocycles. The van der Waals surface area contributed by atoms with Crippen LogP contribution in [-0.2, 0) is 19.6 Å². The van der Waals surface area contributed by atoms with Crippen molar-refractivity contribution in [1.82, 2.24) is 4.31 Å². The first-order valence-electron chi connectivity index (χ1n) is 9.14. The standard InChI is InChI=1S/C20H23NO5S2/c1-14-5-7-16(8-6-14)19(22)15(2)26-20(23)17-9-11-21(12-10-17)28(24,25)18-4-3-13-27-18/h3-8,13,15,17H,9-12H2,1-2H3/t15-/m1/s1. The Kier molecular flexibility index (Phi) is 6.32. The largest absolute Gasteiger partial charge is 0.454 e. The third kappa shape index (κ3) is 4.51. The van der Waals surface area contributed by atoms with Gasteiger partial charge >= 0.3 is 5.97 Å². The van der Waals surface area contributed by atoms with Crippen molar-refractivity contribution in [3.8, 4) is 0 Å². The Morgan fingerprint density at radius 1 is 1.14 bits per heavy atom. The van der Waals surface area contributed by atoms with E-state index in [0.29, 0.717) is 22.6 Å². The zero-order chi connectivity index (χ0) is 20.3. The van der Waals surface area contributed by atoms with Crippen molar-refractivity contribution in [2.45, 2.75) is 37.0 Å². The first-order chi connectivity index (χ1) is 13.3. The number of sulfonamides is 1. The Balaban J connectivity index is 1.55. The number of esters is 1. The molecule has 1 aliphatic rings. The van der Waals surface area contributed by atoms with E-state index in [2.05, 4.69) is 0 Å². The predicted molar refractivity (Wildman–Crippen MR) is 107 cm³/mol. The predicted octanol–water partition coefficient (Wildman–Crippen LogP) is 3.27. The monoisotopic (exact) mass is 421 g/mol.